The molecule has 1 N–H and O–H groups in total. The van der Waals surface area contributed by atoms with Crippen LogP contribution in [0.4, 0.5) is 27.2 Å². The average molecular weight is 413 g/mol. The second-order valence-electron chi connectivity index (χ2n) is 8.52. The molecule has 2 atom stereocenters. The van der Waals surface area contributed by atoms with Crippen LogP contribution >= 0.6 is 11.3 Å². The van der Waals surface area contributed by atoms with E-state index in [1.165, 1.54) is 24.2 Å². The van der Waals surface area contributed by atoms with Crippen molar-refractivity contribution in [2.75, 3.05) is 46.2 Å². The molecule has 0 aliphatic carbocycles. The number of aromatic nitrogens is 2. The van der Waals surface area contributed by atoms with Crippen molar-refractivity contribution >= 4 is 39.8 Å². The molecule has 2 aromatic rings. The number of nitrogens with zero attached hydrogens (tertiary/aromatic N) is 5. The van der Waals surface area contributed by atoms with Gasteiger partial charge in [-0.2, -0.15) is 0 Å². The number of urea groups is 1. The predicted molar refractivity (Wildman–Crippen MR) is 118 cm³/mol. The molecule has 3 aliphatic rings. The zero-order valence-electron chi connectivity index (χ0n) is 17.1. The molecule has 0 radical (unpaired) electrons. The number of aryl methyl sites for hydroxylation is 1. The molecule has 1 unspecified atom stereocenters. The highest BCUT2D eigenvalue weighted by atomic mass is 32.1. The van der Waals surface area contributed by atoms with Crippen molar-refractivity contribution in [2.24, 2.45) is 5.92 Å². The number of piperidine rings is 2. The van der Waals surface area contributed by atoms with E-state index in [2.05, 4.69) is 39.2 Å². The quantitative estimate of drug-likeness (QED) is 0.804. The van der Waals surface area contributed by atoms with E-state index in [1.54, 1.807) is 6.20 Å². The number of pyridine rings is 1. The summed E-state index contributed by atoms with van der Waals surface area (Å²) in [5.74, 6) is 2.46. The summed E-state index contributed by atoms with van der Waals surface area (Å²) >= 11 is 1.50. The van der Waals surface area contributed by atoms with Gasteiger partial charge in [-0.15, -0.1) is 11.3 Å². The summed E-state index contributed by atoms with van der Waals surface area (Å²) in [6, 6.07) is 4.32. The van der Waals surface area contributed by atoms with E-state index in [9.17, 15) is 4.79 Å². The third-order valence-corrected chi connectivity index (χ3v) is 7.03. The number of nitrogens with one attached hydrogen (secondary N) is 1. The Morgan fingerprint density at radius 2 is 2.00 bits per heavy atom. The normalized spacial score (nSPS) is 23.7. The smallest absolute Gasteiger partial charge is 0.329 e. The first-order valence-electron chi connectivity index (χ1n) is 10.6. The summed E-state index contributed by atoms with van der Waals surface area (Å²) in [5, 5.41) is 3.65. The molecule has 0 aromatic carbocycles. The highest BCUT2D eigenvalue weighted by Gasteiger charge is 2.38. The lowest BCUT2D eigenvalue weighted by molar-refractivity contribution is 0.252. The Kier molecular flexibility index (Phi) is 4.81. The van der Waals surface area contributed by atoms with Gasteiger partial charge in [0.2, 0.25) is 0 Å². The summed E-state index contributed by atoms with van der Waals surface area (Å²) in [6.07, 6.45) is 6.37. The van der Waals surface area contributed by atoms with Crippen LogP contribution in [-0.4, -0.2) is 48.2 Å². The summed E-state index contributed by atoms with van der Waals surface area (Å²) in [7, 11) is 0. The third-order valence-electron chi connectivity index (χ3n) is 6.21. The van der Waals surface area contributed by atoms with Gasteiger partial charge in [-0.25, -0.2) is 14.8 Å². The van der Waals surface area contributed by atoms with Crippen LogP contribution in [0, 0.1) is 12.8 Å². The molecule has 5 heterocycles. The molecule has 2 aromatic heterocycles. The second-order valence-corrected chi connectivity index (χ2v) is 9.76. The van der Waals surface area contributed by atoms with Gasteiger partial charge in [-0.3, -0.25) is 10.2 Å². The van der Waals surface area contributed by atoms with E-state index in [0.29, 0.717) is 11.0 Å². The first kappa shape index (κ1) is 18.7. The number of carbonyl (C=O) groups is 1. The maximum atomic E-state index is 13.3. The van der Waals surface area contributed by atoms with Crippen LogP contribution in [0.1, 0.15) is 37.5 Å². The lowest BCUT2D eigenvalue weighted by atomic mass is 9.99. The van der Waals surface area contributed by atoms with Gasteiger partial charge in [-0.05, 0) is 50.7 Å². The van der Waals surface area contributed by atoms with Gasteiger partial charge >= 0.3 is 6.03 Å². The molecular weight excluding hydrogens is 384 g/mol. The average Bonchev–Trinajstić information content (AvgIpc) is 3.12. The van der Waals surface area contributed by atoms with Crippen LogP contribution in [-0.2, 0) is 0 Å². The van der Waals surface area contributed by atoms with Gasteiger partial charge in [0.15, 0.2) is 10.9 Å². The van der Waals surface area contributed by atoms with Gasteiger partial charge in [-0.1, -0.05) is 6.92 Å². The number of fused-ring (bicyclic) bond motifs is 4. The van der Waals surface area contributed by atoms with Gasteiger partial charge in [0, 0.05) is 37.3 Å². The molecule has 2 saturated heterocycles. The molecular formula is C21H28N6OS. The Labute approximate surface area is 175 Å². The SMILES string of the molecule is Cc1cnc(NC(=O)N2c3nc(N4CCCC(C)C4)ccc3N3CCC[C@@H]2C3)s1. The maximum absolute atomic E-state index is 13.3. The minimum Gasteiger partial charge on any atom is -0.366 e. The molecule has 0 spiro atoms. The molecule has 3 aliphatic heterocycles. The van der Waals surface area contributed by atoms with Gasteiger partial charge in [0.1, 0.15) is 5.82 Å². The maximum Gasteiger partial charge on any atom is 0.329 e. The number of carbonyl (C=O) groups excluding carboxylic acids is 1. The summed E-state index contributed by atoms with van der Waals surface area (Å²) in [5.41, 5.74) is 1.07. The molecule has 2 bridgehead atoms. The van der Waals surface area contributed by atoms with Crippen LogP contribution in [0.15, 0.2) is 18.3 Å². The minimum absolute atomic E-state index is 0.121. The Morgan fingerprint density at radius 1 is 1.17 bits per heavy atom. The Hall–Kier alpha value is -2.35. The van der Waals surface area contributed by atoms with Crippen molar-refractivity contribution in [3.05, 3.63) is 23.2 Å². The molecule has 5 rings (SSSR count). The fourth-order valence-corrected chi connectivity index (χ4v) is 5.47. The fourth-order valence-electron chi connectivity index (χ4n) is 4.81. The molecule has 0 saturated carbocycles. The topological polar surface area (TPSA) is 64.6 Å². The van der Waals surface area contributed by atoms with Gasteiger partial charge in [0.05, 0.1) is 11.7 Å². The predicted octanol–water partition coefficient (Wildman–Crippen LogP) is 4.10. The van der Waals surface area contributed by atoms with E-state index >= 15 is 0 Å². The number of hydrogen-bond acceptors (Lipinski definition) is 6. The molecule has 29 heavy (non-hydrogen) atoms. The monoisotopic (exact) mass is 412 g/mol. The Balaban J connectivity index is 1.49. The van der Waals surface area contributed by atoms with E-state index in [1.807, 2.05) is 11.8 Å². The highest BCUT2D eigenvalue weighted by molar-refractivity contribution is 7.15. The van der Waals surface area contributed by atoms with E-state index in [4.69, 9.17) is 4.98 Å². The van der Waals surface area contributed by atoms with Crippen LogP contribution in [0.25, 0.3) is 0 Å². The van der Waals surface area contributed by atoms with Crippen molar-refractivity contribution < 1.29 is 4.79 Å². The first-order chi connectivity index (χ1) is 14.1. The summed E-state index contributed by atoms with van der Waals surface area (Å²) in [4.78, 5) is 30.4. The summed E-state index contributed by atoms with van der Waals surface area (Å²) in [6.45, 7) is 8.27. The highest BCUT2D eigenvalue weighted by Crippen LogP contribution is 2.40. The standard InChI is InChI=1S/C21H28N6OS/c1-14-5-3-10-26(12-14)18-8-7-17-19(23-18)27(16-6-4-9-25(17)13-16)21(28)24-20-22-11-15(2)29-20/h7-8,11,14,16H,3-6,9-10,12-13H2,1-2H3,(H,22,24,28)/t14?,16-/m1/s1. The summed E-state index contributed by atoms with van der Waals surface area (Å²) < 4.78 is 0. The number of anilines is 4. The van der Waals surface area contributed by atoms with E-state index < -0.39 is 0 Å². The zero-order valence-corrected chi connectivity index (χ0v) is 17.9. The number of thiazole rings is 1. The van der Waals surface area contributed by atoms with E-state index in [-0.39, 0.29) is 12.1 Å². The van der Waals surface area contributed by atoms with Crippen molar-refractivity contribution in [3.63, 3.8) is 0 Å². The van der Waals surface area contributed by atoms with Crippen molar-refractivity contribution in [2.45, 2.75) is 45.6 Å². The minimum atomic E-state index is -0.121. The van der Waals surface area contributed by atoms with Crippen LogP contribution < -0.4 is 20.0 Å². The lowest BCUT2D eigenvalue weighted by Gasteiger charge is -2.46. The van der Waals surface area contributed by atoms with E-state index in [0.717, 1.165) is 61.2 Å². The van der Waals surface area contributed by atoms with Crippen molar-refractivity contribution in [1.82, 2.24) is 9.97 Å². The lowest BCUT2D eigenvalue weighted by Crippen LogP contribution is -2.56. The van der Waals surface area contributed by atoms with Gasteiger partial charge < -0.3 is 9.80 Å². The number of amides is 2. The largest absolute Gasteiger partial charge is 0.366 e. The van der Waals surface area contributed by atoms with Crippen molar-refractivity contribution in [1.29, 1.82) is 0 Å². The Morgan fingerprint density at radius 3 is 2.79 bits per heavy atom. The van der Waals surface area contributed by atoms with Gasteiger partial charge in [0.25, 0.3) is 0 Å². The molecule has 7 nitrogen and oxygen atoms in total. The number of hydrogen-bond donors (Lipinski definition) is 1. The van der Waals surface area contributed by atoms with Crippen LogP contribution in [0.5, 0.6) is 0 Å². The molecule has 2 amide bonds. The molecule has 2 fully saturated rings. The fraction of sp³-hybridized carbons (Fsp3) is 0.571. The third kappa shape index (κ3) is 3.54. The molecule has 8 heteroatoms. The van der Waals surface area contributed by atoms with Crippen LogP contribution in [0.2, 0.25) is 0 Å². The Bertz CT molecular complexity index is 914. The second kappa shape index (κ2) is 7.48. The first-order valence-corrected chi connectivity index (χ1v) is 11.4. The van der Waals surface area contributed by atoms with Crippen molar-refractivity contribution in [3.8, 4) is 0 Å². The molecule has 154 valence electrons. The number of rotatable bonds is 2. The zero-order chi connectivity index (χ0) is 20.0. The van der Waals surface area contributed by atoms with Crippen LogP contribution in [0.3, 0.4) is 0 Å².